The van der Waals surface area contributed by atoms with Gasteiger partial charge in [-0.1, -0.05) is 35.3 Å². The number of rotatable bonds is 9. The minimum absolute atomic E-state index is 0.199. The highest BCUT2D eigenvalue weighted by atomic mass is 35.5. The maximum absolute atomic E-state index is 5.92. The summed E-state index contributed by atoms with van der Waals surface area (Å²) in [5, 5.41) is 3.89. The van der Waals surface area contributed by atoms with Gasteiger partial charge in [-0.2, -0.15) is 0 Å². The average molecular weight is 374 g/mol. The van der Waals surface area contributed by atoms with E-state index in [-0.39, 0.29) is 4.49 Å². The first-order valence-electron chi connectivity index (χ1n) is 7.89. The van der Waals surface area contributed by atoms with Crippen molar-refractivity contribution in [1.82, 2.24) is 0 Å². The monoisotopic (exact) mass is 373 g/mol. The van der Waals surface area contributed by atoms with Gasteiger partial charge in [0.1, 0.15) is 29.2 Å². The smallest absolute Gasteiger partial charge is 0.151 e. The van der Waals surface area contributed by atoms with Crippen LogP contribution in [0.1, 0.15) is 37.5 Å². The molecule has 0 spiro atoms. The Bertz CT molecular complexity index is 605. The number of benzene rings is 1. The SMILES string of the molecule is CCc1c(C)c(OCC=C(Cl)Cl)cc(C)c1OCCON=C(C)C. The van der Waals surface area contributed by atoms with Gasteiger partial charge in [0.25, 0.3) is 0 Å². The van der Waals surface area contributed by atoms with E-state index in [9.17, 15) is 0 Å². The van der Waals surface area contributed by atoms with E-state index in [1.54, 1.807) is 6.08 Å². The Morgan fingerprint density at radius 1 is 1.17 bits per heavy atom. The van der Waals surface area contributed by atoms with Crippen molar-refractivity contribution in [3.05, 3.63) is 33.3 Å². The van der Waals surface area contributed by atoms with Gasteiger partial charge >= 0.3 is 0 Å². The fourth-order valence-corrected chi connectivity index (χ4v) is 2.38. The lowest BCUT2D eigenvalue weighted by Gasteiger charge is -2.18. The molecular formula is C18H25Cl2NO3. The highest BCUT2D eigenvalue weighted by molar-refractivity contribution is 6.55. The molecule has 1 aromatic carbocycles. The molecular weight excluding hydrogens is 349 g/mol. The lowest BCUT2D eigenvalue weighted by Crippen LogP contribution is -2.09. The van der Waals surface area contributed by atoms with Crippen LogP contribution >= 0.6 is 23.2 Å². The van der Waals surface area contributed by atoms with E-state index in [4.69, 9.17) is 37.5 Å². The van der Waals surface area contributed by atoms with Crippen molar-refractivity contribution in [1.29, 1.82) is 0 Å². The fraction of sp³-hybridized carbons (Fsp3) is 0.500. The van der Waals surface area contributed by atoms with Crippen LogP contribution < -0.4 is 9.47 Å². The van der Waals surface area contributed by atoms with Gasteiger partial charge in [-0.25, -0.2) is 0 Å². The van der Waals surface area contributed by atoms with Crippen molar-refractivity contribution in [2.24, 2.45) is 5.16 Å². The van der Waals surface area contributed by atoms with Gasteiger partial charge < -0.3 is 14.3 Å². The van der Waals surface area contributed by atoms with E-state index in [2.05, 4.69) is 12.1 Å². The van der Waals surface area contributed by atoms with Crippen LogP contribution in [0.2, 0.25) is 0 Å². The summed E-state index contributed by atoms with van der Waals surface area (Å²) < 4.78 is 11.9. The minimum Gasteiger partial charge on any atom is -0.489 e. The van der Waals surface area contributed by atoms with E-state index in [0.717, 1.165) is 40.3 Å². The van der Waals surface area contributed by atoms with Gasteiger partial charge in [0.05, 0.1) is 5.71 Å². The van der Waals surface area contributed by atoms with Crippen molar-refractivity contribution in [3.63, 3.8) is 0 Å². The summed E-state index contributed by atoms with van der Waals surface area (Å²) >= 11 is 11.2. The van der Waals surface area contributed by atoms with Crippen LogP contribution in [0.25, 0.3) is 0 Å². The molecule has 6 heteroatoms. The molecule has 1 aromatic rings. The van der Waals surface area contributed by atoms with Gasteiger partial charge in [0, 0.05) is 5.56 Å². The molecule has 0 aromatic heterocycles. The van der Waals surface area contributed by atoms with Crippen LogP contribution in [0.15, 0.2) is 21.8 Å². The number of ether oxygens (including phenoxy) is 2. The average Bonchev–Trinajstić information content (AvgIpc) is 2.50. The largest absolute Gasteiger partial charge is 0.489 e. The van der Waals surface area contributed by atoms with Crippen LogP contribution in [-0.2, 0) is 11.3 Å². The van der Waals surface area contributed by atoms with Gasteiger partial charge in [-0.15, -0.1) is 0 Å². The van der Waals surface area contributed by atoms with Crippen molar-refractivity contribution in [2.45, 2.75) is 41.0 Å². The zero-order valence-electron chi connectivity index (χ0n) is 14.9. The molecule has 0 radical (unpaired) electrons. The summed E-state index contributed by atoms with van der Waals surface area (Å²) in [6.07, 6.45) is 2.46. The number of aryl methyl sites for hydroxylation is 1. The number of hydrogen-bond donors (Lipinski definition) is 0. The van der Waals surface area contributed by atoms with Crippen LogP contribution in [0.5, 0.6) is 11.5 Å². The molecule has 0 aliphatic rings. The maximum Gasteiger partial charge on any atom is 0.151 e. The summed E-state index contributed by atoms with van der Waals surface area (Å²) in [4.78, 5) is 5.17. The highest BCUT2D eigenvalue weighted by Gasteiger charge is 2.14. The number of halogens is 2. The van der Waals surface area contributed by atoms with Gasteiger partial charge in [0.2, 0.25) is 0 Å². The third-order valence-corrected chi connectivity index (χ3v) is 3.61. The van der Waals surface area contributed by atoms with E-state index in [0.29, 0.717) is 19.8 Å². The highest BCUT2D eigenvalue weighted by Crippen LogP contribution is 2.34. The summed E-state index contributed by atoms with van der Waals surface area (Å²) in [5.41, 5.74) is 4.08. The minimum atomic E-state index is 0.199. The predicted octanol–water partition coefficient (Wildman–Crippen LogP) is 5.35. The van der Waals surface area contributed by atoms with Crippen LogP contribution in [0.4, 0.5) is 0 Å². The molecule has 4 nitrogen and oxygen atoms in total. The number of nitrogens with zero attached hydrogens (tertiary/aromatic N) is 1. The van der Waals surface area contributed by atoms with Crippen molar-refractivity contribution < 1.29 is 14.3 Å². The lowest BCUT2D eigenvalue weighted by molar-refractivity contribution is 0.106. The molecule has 0 unspecified atom stereocenters. The normalized spacial score (nSPS) is 10.1. The van der Waals surface area contributed by atoms with E-state index in [1.165, 1.54) is 0 Å². The third kappa shape index (κ3) is 6.62. The first-order chi connectivity index (χ1) is 11.4. The Labute approximate surface area is 154 Å². The molecule has 0 aliphatic heterocycles. The van der Waals surface area contributed by atoms with Crippen molar-refractivity contribution >= 4 is 28.9 Å². The van der Waals surface area contributed by atoms with Crippen molar-refractivity contribution in [3.8, 4) is 11.5 Å². The van der Waals surface area contributed by atoms with Gasteiger partial charge in [0.15, 0.2) is 6.61 Å². The van der Waals surface area contributed by atoms with Crippen LogP contribution in [0.3, 0.4) is 0 Å². The molecule has 0 bridgehead atoms. The van der Waals surface area contributed by atoms with Gasteiger partial charge in [-0.05, 0) is 57.4 Å². The topological polar surface area (TPSA) is 40.0 Å². The van der Waals surface area contributed by atoms with E-state index >= 15 is 0 Å². The summed E-state index contributed by atoms with van der Waals surface area (Å²) in [6, 6.07) is 1.97. The van der Waals surface area contributed by atoms with Crippen molar-refractivity contribution in [2.75, 3.05) is 19.8 Å². The lowest BCUT2D eigenvalue weighted by atomic mass is 10.0. The molecule has 0 aliphatic carbocycles. The Kier molecular flexibility index (Phi) is 9.01. The van der Waals surface area contributed by atoms with E-state index < -0.39 is 0 Å². The first kappa shape index (κ1) is 20.7. The molecule has 0 amide bonds. The third-order valence-electron chi connectivity index (χ3n) is 3.30. The second-order valence-corrected chi connectivity index (χ2v) is 6.51. The number of hydrogen-bond acceptors (Lipinski definition) is 4. The van der Waals surface area contributed by atoms with E-state index in [1.807, 2.05) is 33.8 Å². The Hall–Kier alpha value is -1.39. The zero-order chi connectivity index (χ0) is 18.1. The summed E-state index contributed by atoms with van der Waals surface area (Å²) in [5.74, 6) is 1.69. The molecule has 0 heterocycles. The molecule has 0 saturated carbocycles. The molecule has 1 rings (SSSR count). The fourth-order valence-electron chi connectivity index (χ4n) is 2.25. The predicted molar refractivity (Wildman–Crippen MR) is 101 cm³/mol. The molecule has 0 N–H and O–H groups in total. The second kappa shape index (κ2) is 10.5. The Balaban J connectivity index is 2.84. The summed E-state index contributed by atoms with van der Waals surface area (Å²) in [6.45, 7) is 11.1. The maximum atomic E-state index is 5.92. The Morgan fingerprint density at radius 2 is 1.88 bits per heavy atom. The molecule has 0 saturated heterocycles. The van der Waals surface area contributed by atoms with Crippen LogP contribution in [0, 0.1) is 13.8 Å². The van der Waals surface area contributed by atoms with Crippen LogP contribution in [-0.4, -0.2) is 25.5 Å². The Morgan fingerprint density at radius 3 is 2.46 bits per heavy atom. The molecule has 24 heavy (non-hydrogen) atoms. The standard InChI is InChI=1S/C18H25Cl2NO3/c1-6-15-14(5)16(22-8-7-17(19)20)11-13(4)18(15)23-9-10-24-21-12(2)3/h7,11H,6,8-10H2,1-5H3. The molecule has 0 fully saturated rings. The van der Waals surface area contributed by atoms with Gasteiger partial charge in [-0.3, -0.25) is 0 Å². The molecule has 134 valence electrons. The molecule has 0 atom stereocenters. The summed E-state index contributed by atoms with van der Waals surface area (Å²) in [7, 11) is 0. The quantitative estimate of drug-likeness (QED) is 0.332. The number of oxime groups is 1. The second-order valence-electron chi connectivity index (χ2n) is 5.50. The first-order valence-corrected chi connectivity index (χ1v) is 8.65. The zero-order valence-corrected chi connectivity index (χ0v) is 16.4.